The predicted molar refractivity (Wildman–Crippen MR) is 151 cm³/mol. The molecule has 0 aromatic heterocycles. The molecule has 0 bridgehead atoms. The van der Waals surface area contributed by atoms with Gasteiger partial charge in [0.15, 0.2) is 11.6 Å². The van der Waals surface area contributed by atoms with Crippen molar-refractivity contribution < 1.29 is 60.1 Å². The van der Waals surface area contributed by atoms with E-state index in [-0.39, 0.29) is 58.4 Å². The zero-order valence-corrected chi connectivity index (χ0v) is 24.9. The highest BCUT2D eigenvalue weighted by Gasteiger charge is 2.57. The van der Waals surface area contributed by atoms with E-state index in [4.69, 9.17) is 9.47 Å². The number of phenols is 1. The van der Waals surface area contributed by atoms with Crippen LogP contribution in [0.25, 0.3) is 0 Å². The number of halogens is 6. The van der Waals surface area contributed by atoms with Gasteiger partial charge in [0.05, 0.1) is 42.9 Å². The molecule has 0 radical (unpaired) electrons. The lowest BCUT2D eigenvalue weighted by atomic mass is 9.59. The number of carbonyl (C=O) groups excluding carboxylic acids is 4. The number of aromatic hydroxyl groups is 1. The van der Waals surface area contributed by atoms with Crippen molar-refractivity contribution in [2.45, 2.75) is 38.0 Å². The topological polar surface area (TPSA) is 110 Å². The highest BCUT2D eigenvalue weighted by atomic mass is 19.4. The number of allylic oxidation sites excluding steroid dienone is 6. The Morgan fingerprint density at radius 1 is 0.830 bits per heavy atom. The fourth-order valence-corrected chi connectivity index (χ4v) is 7.24. The maximum absolute atomic E-state index is 14.1. The molecule has 3 aliphatic carbocycles. The number of rotatable bonds is 4. The Hall–Kier alpha value is -4.88. The van der Waals surface area contributed by atoms with Crippen molar-refractivity contribution in [3.05, 3.63) is 81.5 Å². The third-order valence-electron chi connectivity index (χ3n) is 9.21. The van der Waals surface area contributed by atoms with Gasteiger partial charge in [-0.15, -0.1) is 0 Å². The lowest BCUT2D eigenvalue weighted by molar-refractivity contribution is -0.143. The van der Waals surface area contributed by atoms with Crippen molar-refractivity contribution in [1.29, 1.82) is 0 Å². The molecule has 8 nitrogen and oxygen atoms in total. The number of amides is 2. The van der Waals surface area contributed by atoms with Crippen LogP contribution in [-0.4, -0.2) is 42.7 Å². The molecule has 246 valence electrons. The van der Waals surface area contributed by atoms with Crippen LogP contribution >= 0.6 is 0 Å². The normalized spacial score (nSPS) is 24.5. The number of alkyl halides is 6. The summed E-state index contributed by atoms with van der Waals surface area (Å²) in [7, 11) is 2.61. The number of ketones is 2. The molecular weight excluding hydrogens is 636 g/mol. The SMILES string of the molecule is COc1cc(O)cc(OC)c1C1C2=CCC3C(=O)N(c4cc(C(F)(F)F)cc(C(F)(F)F)c4)C(=O)C3C2CC2=C1C(=O)C=C(C)C2=O. The van der Waals surface area contributed by atoms with Crippen molar-refractivity contribution in [3.63, 3.8) is 0 Å². The molecule has 0 spiro atoms. The number of hydrogen-bond acceptors (Lipinski definition) is 7. The number of nitrogens with zero attached hydrogens (tertiary/aromatic N) is 1. The van der Waals surface area contributed by atoms with Crippen LogP contribution in [0, 0.1) is 17.8 Å². The minimum atomic E-state index is -5.22. The number of methoxy groups -OCH3 is 2. The minimum absolute atomic E-state index is 0.0529. The van der Waals surface area contributed by atoms with Crippen LogP contribution in [-0.2, 0) is 31.5 Å². The first-order valence-corrected chi connectivity index (χ1v) is 14.3. The van der Waals surface area contributed by atoms with Crippen LogP contribution in [0.4, 0.5) is 32.0 Å². The molecule has 2 aromatic rings. The first-order chi connectivity index (χ1) is 22.0. The van der Waals surface area contributed by atoms with E-state index in [2.05, 4.69) is 0 Å². The van der Waals surface area contributed by atoms with Crippen molar-refractivity contribution in [3.8, 4) is 17.2 Å². The van der Waals surface area contributed by atoms with Gasteiger partial charge in [-0.2, -0.15) is 26.3 Å². The number of carbonyl (C=O) groups is 4. The lowest BCUT2D eigenvalue weighted by Gasteiger charge is -2.42. The molecule has 4 unspecified atom stereocenters. The molecule has 1 aliphatic heterocycles. The summed E-state index contributed by atoms with van der Waals surface area (Å²) in [5, 5.41) is 10.3. The first-order valence-electron chi connectivity index (χ1n) is 14.3. The maximum atomic E-state index is 14.1. The number of Topliss-reactive ketones (excluding diaryl/α,β-unsaturated/α-hetero) is 1. The molecule has 2 amide bonds. The van der Waals surface area contributed by atoms with Gasteiger partial charge in [0, 0.05) is 40.3 Å². The largest absolute Gasteiger partial charge is 0.508 e. The van der Waals surface area contributed by atoms with E-state index in [9.17, 15) is 50.6 Å². The predicted octanol–water partition coefficient (Wildman–Crippen LogP) is 6.08. The van der Waals surface area contributed by atoms with Gasteiger partial charge < -0.3 is 14.6 Å². The van der Waals surface area contributed by atoms with Gasteiger partial charge in [-0.3, -0.25) is 19.2 Å². The van der Waals surface area contributed by atoms with Crippen molar-refractivity contribution in [2.24, 2.45) is 17.8 Å². The summed E-state index contributed by atoms with van der Waals surface area (Å²) in [6, 6.07) is 3.08. The molecule has 6 rings (SSSR count). The molecule has 14 heteroatoms. The molecule has 4 atom stereocenters. The monoisotopic (exact) mass is 661 g/mol. The molecule has 2 aromatic carbocycles. The fraction of sp³-hybridized carbons (Fsp3) is 0.333. The summed E-state index contributed by atoms with van der Waals surface area (Å²) in [6.07, 6.45) is -7.98. The van der Waals surface area contributed by atoms with Crippen LogP contribution in [0.2, 0.25) is 0 Å². The van der Waals surface area contributed by atoms with E-state index in [1.54, 1.807) is 6.08 Å². The van der Waals surface area contributed by atoms with E-state index in [1.807, 2.05) is 0 Å². The summed E-state index contributed by atoms with van der Waals surface area (Å²) in [5.41, 5.74) is -3.35. The van der Waals surface area contributed by atoms with E-state index >= 15 is 0 Å². The molecule has 1 fully saturated rings. The maximum Gasteiger partial charge on any atom is 0.416 e. The summed E-state index contributed by atoms with van der Waals surface area (Å²) in [6.45, 7) is 1.44. The second-order valence-electron chi connectivity index (χ2n) is 11.8. The van der Waals surface area contributed by atoms with Gasteiger partial charge in [-0.25, -0.2) is 4.90 Å². The highest BCUT2D eigenvalue weighted by Crippen LogP contribution is 2.58. The van der Waals surface area contributed by atoms with Crippen molar-refractivity contribution in [1.82, 2.24) is 0 Å². The zero-order chi connectivity index (χ0) is 34.3. The Balaban J connectivity index is 1.52. The van der Waals surface area contributed by atoms with Crippen molar-refractivity contribution >= 4 is 29.1 Å². The molecule has 47 heavy (non-hydrogen) atoms. The van der Waals surface area contributed by atoms with E-state index in [0.717, 1.165) is 0 Å². The number of benzene rings is 2. The number of hydrogen-bond donors (Lipinski definition) is 1. The van der Waals surface area contributed by atoms with Crippen LogP contribution in [0.5, 0.6) is 17.2 Å². The van der Waals surface area contributed by atoms with E-state index in [1.165, 1.54) is 39.4 Å². The third-order valence-corrected chi connectivity index (χ3v) is 9.21. The number of ether oxygens (including phenoxy) is 2. The van der Waals surface area contributed by atoms with Crippen LogP contribution in [0.3, 0.4) is 0 Å². The summed E-state index contributed by atoms with van der Waals surface area (Å²) >= 11 is 0. The Morgan fingerprint density at radius 3 is 1.94 bits per heavy atom. The Bertz CT molecular complexity index is 1810. The molecule has 0 saturated carbocycles. The second-order valence-corrected chi connectivity index (χ2v) is 11.8. The van der Waals surface area contributed by atoms with E-state index < -0.39 is 76.2 Å². The van der Waals surface area contributed by atoms with Gasteiger partial charge in [-0.1, -0.05) is 11.6 Å². The van der Waals surface area contributed by atoms with Gasteiger partial charge in [0.1, 0.15) is 17.2 Å². The molecule has 1 N–H and O–H groups in total. The van der Waals surface area contributed by atoms with E-state index in [0.29, 0.717) is 22.6 Å². The third kappa shape index (κ3) is 5.01. The molecular formula is C33H25F6NO7. The Labute approximate surface area is 262 Å². The first kappa shape index (κ1) is 32.1. The quantitative estimate of drug-likeness (QED) is 0.183. The smallest absolute Gasteiger partial charge is 0.416 e. The average molecular weight is 662 g/mol. The highest BCUT2D eigenvalue weighted by molar-refractivity contribution is 6.25. The molecule has 1 saturated heterocycles. The van der Waals surface area contributed by atoms with Crippen LogP contribution in [0.1, 0.15) is 42.4 Å². The van der Waals surface area contributed by atoms with Gasteiger partial charge in [-0.05, 0) is 50.0 Å². The summed E-state index contributed by atoms with van der Waals surface area (Å²) in [5.74, 6) is -7.59. The average Bonchev–Trinajstić information content (AvgIpc) is 3.26. The summed E-state index contributed by atoms with van der Waals surface area (Å²) < 4.78 is 93.1. The van der Waals surface area contributed by atoms with Crippen molar-refractivity contribution in [2.75, 3.05) is 19.1 Å². The minimum Gasteiger partial charge on any atom is -0.508 e. The fourth-order valence-electron chi connectivity index (χ4n) is 7.24. The standard InChI is InChI=1S/C33H25F6NO7/c1-13-6-22(42)26-21(29(13)43)12-20-18(27(26)28-23(46-2)10-17(41)11-24(28)47-3)4-5-19-25(20)31(45)40(30(19)44)16-8-14(32(34,35)36)7-15(9-16)33(37,38)39/h4,6-11,19-20,25,27,41H,5,12H2,1-3H3. The van der Waals surface area contributed by atoms with Gasteiger partial charge in [0.25, 0.3) is 0 Å². The lowest BCUT2D eigenvalue weighted by Crippen LogP contribution is -2.40. The molecule has 1 heterocycles. The Morgan fingerprint density at radius 2 is 1.40 bits per heavy atom. The number of anilines is 1. The van der Waals surface area contributed by atoms with Gasteiger partial charge in [0.2, 0.25) is 11.8 Å². The number of imide groups is 1. The zero-order valence-electron chi connectivity index (χ0n) is 24.9. The molecule has 4 aliphatic rings. The van der Waals surface area contributed by atoms with Crippen LogP contribution in [0.15, 0.2) is 64.8 Å². The second kappa shape index (κ2) is 10.8. The van der Waals surface area contributed by atoms with Crippen LogP contribution < -0.4 is 14.4 Å². The van der Waals surface area contributed by atoms with Gasteiger partial charge >= 0.3 is 12.4 Å². The number of phenolic OH excluding ortho intramolecular Hbond substituents is 1. The Kier molecular flexibility index (Phi) is 7.40. The summed E-state index contributed by atoms with van der Waals surface area (Å²) in [4.78, 5) is 55.2. The number of fused-ring (bicyclic) bond motifs is 3.